The maximum atomic E-state index is 3.81. The summed E-state index contributed by atoms with van der Waals surface area (Å²) in [4.78, 5) is 0. The van der Waals surface area contributed by atoms with Crippen molar-refractivity contribution in [2.45, 2.75) is 44.7 Å². The molecule has 1 fully saturated rings. The Kier molecular flexibility index (Phi) is 3.51. The fourth-order valence-electron chi connectivity index (χ4n) is 3.38. The van der Waals surface area contributed by atoms with E-state index in [1.807, 2.05) is 0 Å². The normalized spacial score (nSPS) is 30.8. The lowest BCUT2D eigenvalue weighted by atomic mass is 9.71. The van der Waals surface area contributed by atoms with Crippen LogP contribution in [0.3, 0.4) is 0 Å². The molecule has 0 spiro atoms. The van der Waals surface area contributed by atoms with Crippen molar-refractivity contribution < 1.29 is 0 Å². The largest absolute Gasteiger partial charge is 0.311 e. The molecule has 1 nitrogen and oxygen atoms in total. The molecule has 0 aliphatic heterocycles. The van der Waals surface area contributed by atoms with Crippen LogP contribution in [0.25, 0.3) is 0 Å². The predicted molar refractivity (Wildman–Crippen MR) is 76.5 cm³/mol. The van der Waals surface area contributed by atoms with Crippen molar-refractivity contribution in [3.63, 3.8) is 0 Å². The predicted octanol–water partition coefficient (Wildman–Crippen LogP) is 3.56. The highest BCUT2D eigenvalue weighted by Gasteiger charge is 2.40. The van der Waals surface area contributed by atoms with Gasteiger partial charge in [0.15, 0.2) is 0 Å². The van der Waals surface area contributed by atoms with Gasteiger partial charge in [-0.1, -0.05) is 42.5 Å². The first-order chi connectivity index (χ1) is 8.83. The molecule has 1 N–H and O–H groups in total. The fourth-order valence-corrected chi connectivity index (χ4v) is 3.38. The summed E-state index contributed by atoms with van der Waals surface area (Å²) in [5, 5.41) is 3.81. The minimum Gasteiger partial charge on any atom is -0.311 e. The van der Waals surface area contributed by atoms with E-state index in [9.17, 15) is 0 Å². The Morgan fingerprint density at radius 3 is 2.89 bits per heavy atom. The summed E-state index contributed by atoms with van der Waals surface area (Å²) in [6, 6.07) is 12.2. The minimum absolute atomic E-state index is 0.630. The van der Waals surface area contributed by atoms with Gasteiger partial charge in [0.05, 0.1) is 0 Å². The van der Waals surface area contributed by atoms with Crippen molar-refractivity contribution in [3.05, 3.63) is 48.0 Å². The number of fused-ring (bicyclic) bond motifs is 1. The average Bonchev–Trinajstić information content (AvgIpc) is 2.76. The number of benzene rings is 1. The Labute approximate surface area is 110 Å². The molecule has 18 heavy (non-hydrogen) atoms. The molecule has 96 valence electrons. The molecule has 4 atom stereocenters. The van der Waals surface area contributed by atoms with Crippen LogP contribution in [-0.2, 0) is 6.42 Å². The van der Waals surface area contributed by atoms with Gasteiger partial charge in [0.25, 0.3) is 0 Å². The number of nitrogens with one attached hydrogen (secondary N) is 1. The minimum atomic E-state index is 0.630. The van der Waals surface area contributed by atoms with Crippen molar-refractivity contribution in [1.29, 1.82) is 0 Å². The highest BCUT2D eigenvalue weighted by molar-refractivity contribution is 5.15. The summed E-state index contributed by atoms with van der Waals surface area (Å²) >= 11 is 0. The van der Waals surface area contributed by atoms with Gasteiger partial charge in [0, 0.05) is 12.1 Å². The molecule has 0 aromatic heterocycles. The lowest BCUT2D eigenvalue weighted by Crippen LogP contribution is -2.51. The number of allylic oxidation sites excluding steroid dienone is 1. The van der Waals surface area contributed by atoms with Gasteiger partial charge in [-0.05, 0) is 50.0 Å². The van der Waals surface area contributed by atoms with Crippen molar-refractivity contribution in [2.75, 3.05) is 0 Å². The van der Waals surface area contributed by atoms with Crippen molar-refractivity contribution in [2.24, 2.45) is 11.8 Å². The third-order valence-electron chi connectivity index (χ3n) is 4.57. The van der Waals surface area contributed by atoms with Crippen molar-refractivity contribution in [3.8, 4) is 0 Å². The third-order valence-corrected chi connectivity index (χ3v) is 4.57. The molecule has 0 saturated heterocycles. The molecule has 0 amide bonds. The second-order valence-corrected chi connectivity index (χ2v) is 5.94. The topological polar surface area (TPSA) is 12.0 Å². The van der Waals surface area contributed by atoms with E-state index >= 15 is 0 Å². The number of hydrogen-bond acceptors (Lipinski definition) is 1. The first-order valence-corrected chi connectivity index (χ1v) is 7.29. The Balaban J connectivity index is 1.42. The Bertz CT molecular complexity index is 409. The molecule has 2 aliphatic carbocycles. The van der Waals surface area contributed by atoms with Gasteiger partial charge in [-0.15, -0.1) is 0 Å². The van der Waals surface area contributed by atoms with Crippen LogP contribution < -0.4 is 5.32 Å². The second-order valence-electron chi connectivity index (χ2n) is 5.94. The Hall–Kier alpha value is -1.08. The number of hydrogen-bond donors (Lipinski definition) is 1. The summed E-state index contributed by atoms with van der Waals surface area (Å²) in [7, 11) is 0. The molecule has 3 rings (SSSR count). The van der Waals surface area contributed by atoms with Gasteiger partial charge in [0.2, 0.25) is 0 Å². The standard InChI is InChI=1S/C17H23N/c1-13(10-11-14-6-3-2-4-7-14)18-17-12-15-8-5-9-16(15)17/h2-7,9,13,15-18H,8,10-12H2,1H3. The van der Waals surface area contributed by atoms with E-state index < -0.39 is 0 Å². The molecule has 4 unspecified atom stereocenters. The molecule has 1 aromatic rings. The lowest BCUT2D eigenvalue weighted by Gasteiger charge is -2.42. The van der Waals surface area contributed by atoms with Crippen LogP contribution in [0.5, 0.6) is 0 Å². The zero-order valence-corrected chi connectivity index (χ0v) is 11.2. The lowest BCUT2D eigenvalue weighted by molar-refractivity contribution is 0.150. The van der Waals surface area contributed by atoms with E-state index in [1.165, 1.54) is 31.2 Å². The van der Waals surface area contributed by atoms with Gasteiger partial charge in [-0.25, -0.2) is 0 Å². The maximum absolute atomic E-state index is 3.81. The SMILES string of the molecule is CC(CCc1ccccc1)NC1CC2CC=CC21. The number of aryl methyl sites for hydroxylation is 1. The highest BCUT2D eigenvalue weighted by Crippen LogP contribution is 2.42. The van der Waals surface area contributed by atoms with Crippen molar-refractivity contribution >= 4 is 0 Å². The van der Waals surface area contributed by atoms with Crippen LogP contribution in [0.4, 0.5) is 0 Å². The van der Waals surface area contributed by atoms with E-state index in [2.05, 4.69) is 54.7 Å². The van der Waals surface area contributed by atoms with Crippen LogP contribution >= 0.6 is 0 Å². The molecular weight excluding hydrogens is 218 g/mol. The van der Waals surface area contributed by atoms with Gasteiger partial charge < -0.3 is 5.32 Å². The zero-order valence-electron chi connectivity index (χ0n) is 11.2. The summed E-state index contributed by atoms with van der Waals surface area (Å²) in [6.45, 7) is 2.33. The molecule has 1 saturated carbocycles. The summed E-state index contributed by atoms with van der Waals surface area (Å²) in [5.74, 6) is 1.80. The zero-order chi connectivity index (χ0) is 12.4. The first kappa shape index (κ1) is 12.0. The Morgan fingerprint density at radius 2 is 2.11 bits per heavy atom. The summed E-state index contributed by atoms with van der Waals surface area (Å²) < 4.78 is 0. The molecule has 1 heteroatoms. The van der Waals surface area contributed by atoms with Gasteiger partial charge >= 0.3 is 0 Å². The van der Waals surface area contributed by atoms with E-state index in [1.54, 1.807) is 0 Å². The van der Waals surface area contributed by atoms with Gasteiger partial charge in [-0.2, -0.15) is 0 Å². The molecule has 0 bridgehead atoms. The van der Waals surface area contributed by atoms with Crippen molar-refractivity contribution in [1.82, 2.24) is 5.32 Å². The van der Waals surface area contributed by atoms with Gasteiger partial charge in [-0.3, -0.25) is 0 Å². The summed E-state index contributed by atoms with van der Waals surface area (Å²) in [5.41, 5.74) is 1.46. The Morgan fingerprint density at radius 1 is 1.28 bits per heavy atom. The maximum Gasteiger partial charge on any atom is 0.0138 e. The second kappa shape index (κ2) is 5.27. The molecule has 0 heterocycles. The average molecular weight is 241 g/mol. The van der Waals surface area contributed by atoms with E-state index in [0.29, 0.717) is 6.04 Å². The smallest absolute Gasteiger partial charge is 0.0138 e. The molecule has 2 aliphatic rings. The fraction of sp³-hybridized carbons (Fsp3) is 0.529. The molecule has 1 aromatic carbocycles. The summed E-state index contributed by atoms with van der Waals surface area (Å²) in [6.07, 6.45) is 9.92. The van der Waals surface area contributed by atoms with Crippen LogP contribution in [0.2, 0.25) is 0 Å². The highest BCUT2D eigenvalue weighted by atomic mass is 15.0. The quantitative estimate of drug-likeness (QED) is 0.777. The van der Waals surface area contributed by atoms with E-state index in [4.69, 9.17) is 0 Å². The van der Waals surface area contributed by atoms with Gasteiger partial charge in [0.1, 0.15) is 0 Å². The van der Waals surface area contributed by atoms with Crippen LogP contribution in [0.15, 0.2) is 42.5 Å². The van der Waals surface area contributed by atoms with Crippen LogP contribution in [0, 0.1) is 11.8 Å². The molecule has 0 radical (unpaired) electrons. The number of rotatable bonds is 5. The first-order valence-electron chi connectivity index (χ1n) is 7.29. The van der Waals surface area contributed by atoms with Crippen LogP contribution in [0.1, 0.15) is 31.7 Å². The van der Waals surface area contributed by atoms with E-state index in [0.717, 1.165) is 17.9 Å². The monoisotopic (exact) mass is 241 g/mol. The third kappa shape index (κ3) is 2.51. The van der Waals surface area contributed by atoms with E-state index in [-0.39, 0.29) is 0 Å². The van der Waals surface area contributed by atoms with Crippen LogP contribution in [-0.4, -0.2) is 12.1 Å². The molecular formula is C17H23N.